The van der Waals surface area contributed by atoms with Crippen LogP contribution in [-0.2, 0) is 4.79 Å². The lowest BCUT2D eigenvalue weighted by atomic mass is 9.89. The molecule has 0 saturated carbocycles. The number of aryl methyl sites for hydroxylation is 1. The normalized spacial score (nSPS) is 17.6. The first kappa shape index (κ1) is 18.1. The summed E-state index contributed by atoms with van der Waals surface area (Å²) >= 11 is 0. The van der Waals surface area contributed by atoms with Crippen molar-refractivity contribution in [2.24, 2.45) is 0 Å². The van der Waals surface area contributed by atoms with Crippen molar-refractivity contribution in [2.45, 2.75) is 38.8 Å². The van der Waals surface area contributed by atoms with Crippen molar-refractivity contribution >= 4 is 5.91 Å². The molecule has 0 saturated heterocycles. The molecule has 0 radical (unpaired) electrons. The molecule has 5 heteroatoms. The number of hydrogen-bond donors (Lipinski definition) is 1. The van der Waals surface area contributed by atoms with E-state index in [0.29, 0.717) is 17.9 Å². The summed E-state index contributed by atoms with van der Waals surface area (Å²) in [5, 5.41) is 3.08. The third-order valence-electron chi connectivity index (χ3n) is 4.37. The number of carbonyl (C=O) groups excluding carboxylic acids is 1. The summed E-state index contributed by atoms with van der Waals surface area (Å²) in [5.74, 6) is 1.95. The summed E-state index contributed by atoms with van der Waals surface area (Å²) in [4.78, 5) is 12.4. The highest BCUT2D eigenvalue weighted by molar-refractivity contribution is 5.78. The molecule has 0 fully saturated rings. The molecule has 0 aromatic heterocycles. The van der Waals surface area contributed by atoms with Crippen molar-refractivity contribution in [3.05, 3.63) is 53.6 Å². The predicted molar refractivity (Wildman–Crippen MR) is 99.9 cm³/mol. The SMILES string of the molecule is COc1cccc(OCC(=O)NC2CC(C)(C)Oc3ccc(C)cc32)c1. The molecule has 0 aliphatic carbocycles. The quantitative estimate of drug-likeness (QED) is 0.886. The lowest BCUT2D eigenvalue weighted by molar-refractivity contribution is -0.124. The summed E-state index contributed by atoms with van der Waals surface area (Å²) in [5.41, 5.74) is 1.81. The van der Waals surface area contributed by atoms with Crippen LogP contribution >= 0.6 is 0 Å². The number of carbonyl (C=O) groups is 1. The molecule has 2 aromatic carbocycles. The molecule has 1 aliphatic rings. The van der Waals surface area contributed by atoms with Crippen LogP contribution in [0.25, 0.3) is 0 Å². The van der Waals surface area contributed by atoms with E-state index in [1.807, 2.05) is 45.0 Å². The van der Waals surface area contributed by atoms with E-state index in [9.17, 15) is 4.79 Å². The Bertz CT molecular complexity index is 800. The van der Waals surface area contributed by atoms with Crippen molar-refractivity contribution in [3.63, 3.8) is 0 Å². The molecule has 2 aromatic rings. The maximum atomic E-state index is 12.4. The minimum atomic E-state index is -0.339. The van der Waals surface area contributed by atoms with Crippen molar-refractivity contribution in [1.82, 2.24) is 5.32 Å². The maximum absolute atomic E-state index is 12.4. The van der Waals surface area contributed by atoms with Gasteiger partial charge in [-0.3, -0.25) is 4.79 Å². The van der Waals surface area contributed by atoms with Gasteiger partial charge in [0, 0.05) is 18.1 Å². The van der Waals surface area contributed by atoms with Crippen molar-refractivity contribution in [3.8, 4) is 17.2 Å². The van der Waals surface area contributed by atoms with Gasteiger partial charge in [0.25, 0.3) is 5.91 Å². The lowest BCUT2D eigenvalue weighted by Crippen LogP contribution is -2.42. The molecule has 3 rings (SSSR count). The second-order valence-corrected chi connectivity index (χ2v) is 7.19. The van der Waals surface area contributed by atoms with E-state index in [4.69, 9.17) is 14.2 Å². The molecule has 1 atom stereocenters. The van der Waals surface area contributed by atoms with Gasteiger partial charge in [0.1, 0.15) is 22.8 Å². The van der Waals surface area contributed by atoms with Gasteiger partial charge in [0.2, 0.25) is 0 Å². The summed E-state index contributed by atoms with van der Waals surface area (Å²) in [6.07, 6.45) is 0.703. The molecule has 0 bridgehead atoms. The lowest BCUT2D eigenvalue weighted by Gasteiger charge is -2.38. The molecule has 1 aliphatic heterocycles. The maximum Gasteiger partial charge on any atom is 0.258 e. The monoisotopic (exact) mass is 355 g/mol. The highest BCUT2D eigenvalue weighted by Gasteiger charge is 2.34. The first-order valence-electron chi connectivity index (χ1n) is 8.72. The largest absolute Gasteiger partial charge is 0.497 e. The van der Waals surface area contributed by atoms with Gasteiger partial charge in [-0.2, -0.15) is 0 Å². The topological polar surface area (TPSA) is 56.8 Å². The third-order valence-corrected chi connectivity index (χ3v) is 4.37. The molecular formula is C21H25NO4. The Hall–Kier alpha value is -2.69. The van der Waals surface area contributed by atoms with E-state index in [1.54, 1.807) is 19.2 Å². The Balaban J connectivity index is 1.67. The number of hydrogen-bond acceptors (Lipinski definition) is 4. The van der Waals surface area contributed by atoms with Gasteiger partial charge in [0.15, 0.2) is 6.61 Å². The fraction of sp³-hybridized carbons (Fsp3) is 0.381. The molecule has 1 heterocycles. The van der Waals surface area contributed by atoms with Gasteiger partial charge in [-0.1, -0.05) is 23.8 Å². The van der Waals surface area contributed by atoms with Gasteiger partial charge in [0.05, 0.1) is 13.2 Å². The summed E-state index contributed by atoms with van der Waals surface area (Å²) in [6.45, 7) is 6.04. The minimum absolute atomic E-state index is 0.0495. The average Bonchev–Trinajstić information content (AvgIpc) is 2.60. The number of amides is 1. The summed E-state index contributed by atoms with van der Waals surface area (Å²) < 4.78 is 16.8. The highest BCUT2D eigenvalue weighted by atomic mass is 16.5. The predicted octanol–water partition coefficient (Wildman–Crippen LogP) is 3.80. The molecule has 5 nitrogen and oxygen atoms in total. The smallest absolute Gasteiger partial charge is 0.258 e. The summed E-state index contributed by atoms with van der Waals surface area (Å²) in [6, 6.07) is 13.2. The second kappa shape index (κ2) is 7.28. The van der Waals surface area contributed by atoms with Crippen molar-refractivity contribution in [1.29, 1.82) is 0 Å². The van der Waals surface area contributed by atoms with E-state index < -0.39 is 0 Å². The second-order valence-electron chi connectivity index (χ2n) is 7.19. The molecule has 138 valence electrons. The van der Waals surface area contributed by atoms with Gasteiger partial charge >= 0.3 is 0 Å². The molecule has 1 amide bonds. The van der Waals surface area contributed by atoms with E-state index in [0.717, 1.165) is 16.9 Å². The van der Waals surface area contributed by atoms with Crippen molar-refractivity contribution < 1.29 is 19.0 Å². The van der Waals surface area contributed by atoms with E-state index in [-0.39, 0.29) is 24.2 Å². The fourth-order valence-electron chi connectivity index (χ4n) is 3.18. The van der Waals surface area contributed by atoms with Gasteiger partial charge in [-0.25, -0.2) is 0 Å². The van der Waals surface area contributed by atoms with Crippen LogP contribution in [0.1, 0.15) is 37.4 Å². The van der Waals surface area contributed by atoms with Crippen molar-refractivity contribution in [2.75, 3.05) is 13.7 Å². The number of rotatable bonds is 5. The Kier molecular flexibility index (Phi) is 5.07. The van der Waals surface area contributed by atoms with E-state index in [2.05, 4.69) is 11.4 Å². The van der Waals surface area contributed by atoms with Crippen LogP contribution < -0.4 is 19.5 Å². The highest BCUT2D eigenvalue weighted by Crippen LogP contribution is 2.39. The zero-order valence-electron chi connectivity index (χ0n) is 15.7. The number of methoxy groups -OCH3 is 1. The Morgan fingerprint density at radius 1 is 1.23 bits per heavy atom. The first-order valence-corrected chi connectivity index (χ1v) is 8.72. The van der Waals surface area contributed by atoms with Crippen LogP contribution in [0.3, 0.4) is 0 Å². The van der Waals surface area contributed by atoms with Crippen LogP contribution in [0.5, 0.6) is 17.2 Å². The minimum Gasteiger partial charge on any atom is -0.497 e. The fourth-order valence-corrected chi connectivity index (χ4v) is 3.18. The first-order chi connectivity index (χ1) is 12.4. The average molecular weight is 355 g/mol. The van der Waals surface area contributed by atoms with E-state index in [1.165, 1.54) is 0 Å². The van der Waals surface area contributed by atoms with Crippen LogP contribution in [-0.4, -0.2) is 25.2 Å². The Morgan fingerprint density at radius 3 is 2.77 bits per heavy atom. The zero-order valence-corrected chi connectivity index (χ0v) is 15.7. The summed E-state index contributed by atoms with van der Waals surface area (Å²) in [7, 11) is 1.60. The standard InChI is InChI=1S/C21H25NO4/c1-14-8-9-19-17(10-14)18(12-21(2,3)26-19)22-20(23)13-25-16-7-5-6-15(11-16)24-4/h5-11,18H,12-13H2,1-4H3,(H,22,23). The van der Waals surface area contributed by atoms with Gasteiger partial charge in [-0.15, -0.1) is 0 Å². The van der Waals surface area contributed by atoms with Crippen LogP contribution in [0.2, 0.25) is 0 Å². The number of ether oxygens (including phenoxy) is 3. The molecule has 1 unspecified atom stereocenters. The molecule has 1 N–H and O–H groups in total. The van der Waals surface area contributed by atoms with Gasteiger partial charge < -0.3 is 19.5 Å². The van der Waals surface area contributed by atoms with Gasteiger partial charge in [-0.05, 0) is 39.0 Å². The Morgan fingerprint density at radius 2 is 2.00 bits per heavy atom. The molecular weight excluding hydrogens is 330 g/mol. The zero-order chi connectivity index (χ0) is 18.7. The van der Waals surface area contributed by atoms with Crippen LogP contribution in [0.15, 0.2) is 42.5 Å². The third kappa shape index (κ3) is 4.28. The Labute approximate surface area is 154 Å². The van der Waals surface area contributed by atoms with E-state index >= 15 is 0 Å². The molecule has 26 heavy (non-hydrogen) atoms. The molecule has 0 spiro atoms. The number of benzene rings is 2. The van der Waals surface area contributed by atoms with Crippen LogP contribution in [0, 0.1) is 6.92 Å². The number of nitrogens with one attached hydrogen (secondary N) is 1. The van der Waals surface area contributed by atoms with Crippen LogP contribution in [0.4, 0.5) is 0 Å². The number of fused-ring (bicyclic) bond motifs is 1.